The van der Waals surface area contributed by atoms with Crippen molar-refractivity contribution in [2.24, 2.45) is 5.92 Å². The minimum Gasteiger partial charge on any atom is -0.495 e. The number of nitriles is 1. The first-order valence-electron chi connectivity index (χ1n) is 7.52. The molecule has 0 N–H and O–H groups in total. The molecule has 1 atom stereocenters. The van der Waals surface area contributed by atoms with E-state index in [1.165, 1.54) is 0 Å². The molecule has 0 aromatic heterocycles. The zero-order valence-electron chi connectivity index (χ0n) is 12.8. The van der Waals surface area contributed by atoms with Crippen LogP contribution < -0.4 is 4.74 Å². The summed E-state index contributed by atoms with van der Waals surface area (Å²) >= 11 is 0. The van der Waals surface area contributed by atoms with Gasteiger partial charge < -0.3 is 9.64 Å². The smallest absolute Gasteiger partial charge is 0.222 e. The highest BCUT2D eigenvalue weighted by Gasteiger charge is 2.21. The van der Waals surface area contributed by atoms with Crippen molar-refractivity contribution in [1.29, 1.82) is 5.26 Å². The van der Waals surface area contributed by atoms with Crippen LogP contribution in [0.25, 0.3) is 0 Å². The Morgan fingerprint density at radius 2 is 2.24 bits per heavy atom. The molecule has 1 aromatic carbocycles. The van der Waals surface area contributed by atoms with E-state index < -0.39 is 0 Å². The van der Waals surface area contributed by atoms with E-state index in [-0.39, 0.29) is 5.91 Å². The molecular formula is C17H22N2O2. The van der Waals surface area contributed by atoms with Gasteiger partial charge in [0.05, 0.1) is 12.7 Å². The van der Waals surface area contributed by atoms with Gasteiger partial charge in [-0.15, -0.1) is 0 Å². The van der Waals surface area contributed by atoms with Crippen LogP contribution in [0, 0.1) is 17.2 Å². The molecule has 0 bridgehead atoms. The van der Waals surface area contributed by atoms with Gasteiger partial charge in [0, 0.05) is 19.5 Å². The predicted octanol–water partition coefficient (Wildman–Crippen LogP) is 3.11. The Balaban J connectivity index is 2.10. The van der Waals surface area contributed by atoms with Crippen LogP contribution in [0.15, 0.2) is 18.2 Å². The Morgan fingerprint density at radius 1 is 1.43 bits per heavy atom. The molecule has 0 saturated carbocycles. The van der Waals surface area contributed by atoms with Gasteiger partial charge in [0.2, 0.25) is 5.91 Å². The fourth-order valence-electron chi connectivity index (χ4n) is 2.83. The van der Waals surface area contributed by atoms with E-state index in [0.29, 0.717) is 30.2 Å². The molecule has 1 heterocycles. The van der Waals surface area contributed by atoms with Crippen LogP contribution in [-0.2, 0) is 11.3 Å². The summed E-state index contributed by atoms with van der Waals surface area (Å²) in [6.07, 6.45) is 3.85. The van der Waals surface area contributed by atoms with E-state index in [1.807, 2.05) is 17.0 Å². The van der Waals surface area contributed by atoms with Gasteiger partial charge in [-0.05, 0) is 36.5 Å². The topological polar surface area (TPSA) is 53.3 Å². The Labute approximate surface area is 126 Å². The van der Waals surface area contributed by atoms with Gasteiger partial charge in [0.25, 0.3) is 0 Å². The van der Waals surface area contributed by atoms with E-state index in [1.54, 1.807) is 13.2 Å². The molecule has 1 aliphatic heterocycles. The monoisotopic (exact) mass is 286 g/mol. The maximum Gasteiger partial charge on any atom is 0.222 e. The number of carbonyl (C=O) groups is 1. The molecule has 1 unspecified atom stereocenters. The molecule has 0 radical (unpaired) electrons. The number of ether oxygens (including phenoxy) is 1. The van der Waals surface area contributed by atoms with Crippen molar-refractivity contribution in [3.05, 3.63) is 29.3 Å². The molecule has 21 heavy (non-hydrogen) atoms. The minimum absolute atomic E-state index is 0.222. The lowest BCUT2D eigenvalue weighted by Crippen LogP contribution is -2.29. The Bertz CT molecular complexity index is 548. The van der Waals surface area contributed by atoms with Crippen LogP contribution in [0.4, 0.5) is 0 Å². The number of hydrogen-bond acceptors (Lipinski definition) is 3. The quantitative estimate of drug-likeness (QED) is 0.854. The number of nitrogens with zero attached hydrogens (tertiary/aromatic N) is 2. The lowest BCUT2D eigenvalue weighted by Gasteiger charge is -2.21. The fourth-order valence-corrected chi connectivity index (χ4v) is 2.83. The second-order valence-electron chi connectivity index (χ2n) is 5.56. The number of hydrogen-bond donors (Lipinski definition) is 0. The van der Waals surface area contributed by atoms with Gasteiger partial charge in [-0.2, -0.15) is 5.26 Å². The number of likely N-dealkylation sites (tertiary alicyclic amines) is 1. The molecule has 112 valence electrons. The van der Waals surface area contributed by atoms with Crippen LogP contribution in [0.2, 0.25) is 0 Å². The van der Waals surface area contributed by atoms with E-state index in [9.17, 15) is 4.79 Å². The molecule has 1 fully saturated rings. The average Bonchev–Trinajstić information content (AvgIpc) is 2.69. The Kier molecular flexibility index (Phi) is 5.21. The number of carbonyl (C=O) groups excluding carboxylic acids is 1. The zero-order chi connectivity index (χ0) is 15.2. The molecule has 1 saturated heterocycles. The Morgan fingerprint density at radius 3 is 2.90 bits per heavy atom. The molecule has 0 aliphatic carbocycles. The number of amides is 1. The summed E-state index contributed by atoms with van der Waals surface area (Å²) in [5, 5.41) is 9.13. The number of methoxy groups -OCH3 is 1. The zero-order valence-corrected chi connectivity index (χ0v) is 12.8. The van der Waals surface area contributed by atoms with Crippen molar-refractivity contribution in [2.75, 3.05) is 13.7 Å². The first-order chi connectivity index (χ1) is 10.2. The van der Waals surface area contributed by atoms with Crippen LogP contribution in [0.3, 0.4) is 0 Å². The standard InChI is InChI=1S/C17H22N2O2/c1-3-13-5-7-17(20)19(9-8-13)12-14-4-6-16(21-2)15(10-14)11-18/h4,6,10,13H,3,5,7-9,12H2,1-2H3. The van der Waals surface area contributed by atoms with Crippen LogP contribution >= 0.6 is 0 Å². The lowest BCUT2D eigenvalue weighted by molar-refractivity contribution is -0.131. The van der Waals surface area contributed by atoms with Crippen molar-refractivity contribution in [1.82, 2.24) is 4.90 Å². The largest absolute Gasteiger partial charge is 0.495 e. The highest BCUT2D eigenvalue weighted by Crippen LogP contribution is 2.24. The fraction of sp³-hybridized carbons (Fsp3) is 0.529. The van der Waals surface area contributed by atoms with E-state index in [4.69, 9.17) is 10.00 Å². The molecule has 4 heteroatoms. The molecule has 2 rings (SSSR count). The van der Waals surface area contributed by atoms with Gasteiger partial charge in [-0.25, -0.2) is 0 Å². The van der Waals surface area contributed by atoms with Gasteiger partial charge in [0.1, 0.15) is 11.8 Å². The third-order valence-electron chi connectivity index (χ3n) is 4.26. The molecule has 1 aromatic rings. The summed E-state index contributed by atoms with van der Waals surface area (Å²) in [6, 6.07) is 7.67. The second-order valence-corrected chi connectivity index (χ2v) is 5.56. The van der Waals surface area contributed by atoms with Crippen molar-refractivity contribution in [2.45, 2.75) is 39.2 Å². The average molecular weight is 286 g/mol. The number of rotatable bonds is 4. The van der Waals surface area contributed by atoms with Crippen molar-refractivity contribution < 1.29 is 9.53 Å². The highest BCUT2D eigenvalue weighted by atomic mass is 16.5. The molecule has 1 amide bonds. The Hall–Kier alpha value is -2.02. The van der Waals surface area contributed by atoms with E-state index in [0.717, 1.165) is 31.4 Å². The normalized spacial score (nSPS) is 19.0. The maximum atomic E-state index is 12.2. The third kappa shape index (κ3) is 3.75. The summed E-state index contributed by atoms with van der Waals surface area (Å²) in [4.78, 5) is 14.1. The summed E-state index contributed by atoms with van der Waals surface area (Å²) in [6.45, 7) is 3.58. The van der Waals surface area contributed by atoms with Crippen LogP contribution in [0.1, 0.15) is 43.7 Å². The predicted molar refractivity (Wildman–Crippen MR) is 80.8 cm³/mol. The lowest BCUT2D eigenvalue weighted by atomic mass is 9.98. The second kappa shape index (κ2) is 7.12. The molecule has 4 nitrogen and oxygen atoms in total. The van der Waals surface area contributed by atoms with E-state index in [2.05, 4.69) is 13.0 Å². The third-order valence-corrected chi connectivity index (χ3v) is 4.26. The molecule has 0 spiro atoms. The first-order valence-corrected chi connectivity index (χ1v) is 7.52. The van der Waals surface area contributed by atoms with E-state index >= 15 is 0 Å². The summed E-state index contributed by atoms with van der Waals surface area (Å²) in [5.74, 6) is 1.46. The summed E-state index contributed by atoms with van der Waals surface area (Å²) < 4.78 is 5.15. The summed E-state index contributed by atoms with van der Waals surface area (Å²) in [5.41, 5.74) is 1.50. The van der Waals surface area contributed by atoms with Gasteiger partial charge in [-0.1, -0.05) is 19.4 Å². The molecule has 1 aliphatic rings. The first kappa shape index (κ1) is 15.4. The van der Waals surface area contributed by atoms with Gasteiger partial charge in [-0.3, -0.25) is 4.79 Å². The van der Waals surface area contributed by atoms with Crippen LogP contribution in [-0.4, -0.2) is 24.5 Å². The number of benzene rings is 1. The van der Waals surface area contributed by atoms with Crippen molar-refractivity contribution in [3.63, 3.8) is 0 Å². The van der Waals surface area contributed by atoms with Crippen molar-refractivity contribution in [3.8, 4) is 11.8 Å². The maximum absolute atomic E-state index is 12.2. The van der Waals surface area contributed by atoms with Crippen LogP contribution in [0.5, 0.6) is 5.75 Å². The SMILES string of the molecule is CCC1CCC(=O)N(Cc2ccc(OC)c(C#N)c2)CC1. The summed E-state index contributed by atoms with van der Waals surface area (Å²) in [7, 11) is 1.55. The van der Waals surface area contributed by atoms with Gasteiger partial charge >= 0.3 is 0 Å². The highest BCUT2D eigenvalue weighted by molar-refractivity contribution is 5.76. The molecular weight excluding hydrogens is 264 g/mol. The minimum atomic E-state index is 0.222. The van der Waals surface area contributed by atoms with Gasteiger partial charge in [0.15, 0.2) is 0 Å². The van der Waals surface area contributed by atoms with Crippen molar-refractivity contribution >= 4 is 5.91 Å².